The Morgan fingerprint density at radius 1 is 0.810 bits per heavy atom. The van der Waals surface area contributed by atoms with Crippen LogP contribution in [0.1, 0.15) is 27.8 Å². The van der Waals surface area contributed by atoms with Gasteiger partial charge in [-0.05, 0) is 30.5 Å². The summed E-state index contributed by atoms with van der Waals surface area (Å²) in [6, 6.07) is 12.9. The number of sulfone groups is 1. The average Bonchev–Trinajstić information content (AvgIpc) is 2.37. The lowest BCUT2D eigenvalue weighted by Gasteiger charge is -2.07. The van der Waals surface area contributed by atoms with Crippen LogP contribution in [0.3, 0.4) is 0 Å². The lowest BCUT2D eigenvalue weighted by Crippen LogP contribution is -2.08. The molecule has 2 rings (SSSR count). The van der Waals surface area contributed by atoms with Gasteiger partial charge in [0.05, 0.1) is 18.1 Å². The first-order valence-corrected chi connectivity index (χ1v) is 8.66. The van der Waals surface area contributed by atoms with Gasteiger partial charge < -0.3 is 5.11 Å². The van der Waals surface area contributed by atoms with Gasteiger partial charge in [-0.2, -0.15) is 0 Å². The van der Waals surface area contributed by atoms with Crippen LogP contribution in [0.4, 0.5) is 0 Å². The molecule has 0 saturated carbocycles. The van der Waals surface area contributed by atoms with Gasteiger partial charge >= 0.3 is 0 Å². The fourth-order valence-corrected chi connectivity index (χ4v) is 3.93. The summed E-state index contributed by atoms with van der Waals surface area (Å²) in [5, 5.41) is 8.99. The van der Waals surface area contributed by atoms with E-state index in [1.807, 2.05) is 32.0 Å². The van der Waals surface area contributed by atoms with Gasteiger partial charge in [0, 0.05) is 0 Å². The molecule has 0 aliphatic heterocycles. The molecule has 0 saturated heterocycles. The topological polar surface area (TPSA) is 54.4 Å². The highest BCUT2D eigenvalue weighted by atomic mass is 32.2. The van der Waals surface area contributed by atoms with E-state index in [-0.39, 0.29) is 18.1 Å². The van der Waals surface area contributed by atoms with E-state index in [1.165, 1.54) is 0 Å². The molecule has 0 radical (unpaired) electrons. The maximum absolute atomic E-state index is 12.3. The van der Waals surface area contributed by atoms with Crippen molar-refractivity contribution in [3.63, 3.8) is 0 Å². The summed E-state index contributed by atoms with van der Waals surface area (Å²) in [6.45, 7) is 3.91. The van der Waals surface area contributed by atoms with Crippen LogP contribution in [0.2, 0.25) is 0 Å². The Kier molecular flexibility index (Phi) is 4.80. The summed E-state index contributed by atoms with van der Waals surface area (Å²) in [5.74, 6) is 0.0724. The van der Waals surface area contributed by atoms with E-state index in [0.717, 1.165) is 27.8 Å². The molecular weight excluding hydrogens is 284 g/mol. The summed E-state index contributed by atoms with van der Waals surface area (Å²) in [6.07, 6.45) is 0. The SMILES string of the molecule is Cc1cc(C)cc(CS(=O)(=O)Cc2ccc(CO)cc2)c1. The zero-order valence-electron chi connectivity index (χ0n) is 12.3. The maximum atomic E-state index is 12.3. The molecule has 0 fully saturated rings. The smallest absolute Gasteiger partial charge is 0.158 e. The summed E-state index contributed by atoms with van der Waals surface area (Å²) in [7, 11) is -3.20. The third-order valence-electron chi connectivity index (χ3n) is 3.26. The molecule has 0 aliphatic rings. The van der Waals surface area contributed by atoms with Crippen LogP contribution in [0.15, 0.2) is 42.5 Å². The Balaban J connectivity index is 2.14. The summed E-state index contributed by atoms with van der Waals surface area (Å²) < 4.78 is 24.6. The maximum Gasteiger partial charge on any atom is 0.158 e. The number of aliphatic hydroxyl groups is 1. The molecule has 112 valence electrons. The van der Waals surface area contributed by atoms with Crippen molar-refractivity contribution < 1.29 is 13.5 Å². The first-order chi connectivity index (χ1) is 9.88. The average molecular weight is 304 g/mol. The standard InChI is InChI=1S/C17H20O3S/c1-13-7-14(2)9-17(8-13)12-21(19,20)11-16-5-3-15(10-18)4-6-16/h3-9,18H,10-12H2,1-2H3. The number of aryl methyl sites for hydroxylation is 2. The zero-order chi connectivity index (χ0) is 15.5. The van der Waals surface area contributed by atoms with Crippen LogP contribution < -0.4 is 0 Å². The van der Waals surface area contributed by atoms with Gasteiger partial charge in [-0.3, -0.25) is 0 Å². The third-order valence-corrected chi connectivity index (χ3v) is 4.81. The van der Waals surface area contributed by atoms with Crippen molar-refractivity contribution >= 4 is 9.84 Å². The number of rotatable bonds is 5. The Morgan fingerprint density at radius 2 is 1.29 bits per heavy atom. The Morgan fingerprint density at radius 3 is 1.81 bits per heavy atom. The first kappa shape index (κ1) is 15.7. The molecule has 0 amide bonds. The van der Waals surface area contributed by atoms with Crippen molar-refractivity contribution in [3.05, 3.63) is 70.3 Å². The molecule has 1 N–H and O–H groups in total. The van der Waals surface area contributed by atoms with Gasteiger partial charge in [-0.25, -0.2) is 8.42 Å². The molecular formula is C17H20O3S. The molecule has 21 heavy (non-hydrogen) atoms. The van der Waals surface area contributed by atoms with Crippen molar-refractivity contribution in [1.82, 2.24) is 0 Å². The van der Waals surface area contributed by atoms with Crippen molar-refractivity contribution in [2.24, 2.45) is 0 Å². The molecule has 2 aromatic carbocycles. The van der Waals surface area contributed by atoms with Crippen LogP contribution in [0.5, 0.6) is 0 Å². The molecule has 2 aromatic rings. The van der Waals surface area contributed by atoms with E-state index >= 15 is 0 Å². The Labute approximate surface area is 126 Å². The number of aliphatic hydroxyl groups excluding tert-OH is 1. The first-order valence-electron chi connectivity index (χ1n) is 6.84. The van der Waals surface area contributed by atoms with Crippen molar-refractivity contribution in [1.29, 1.82) is 0 Å². The highest BCUT2D eigenvalue weighted by Crippen LogP contribution is 2.16. The summed E-state index contributed by atoms with van der Waals surface area (Å²) >= 11 is 0. The molecule has 0 bridgehead atoms. The van der Waals surface area contributed by atoms with E-state index < -0.39 is 9.84 Å². The number of benzene rings is 2. The van der Waals surface area contributed by atoms with Gasteiger partial charge in [0.1, 0.15) is 0 Å². The van der Waals surface area contributed by atoms with Crippen molar-refractivity contribution in [2.75, 3.05) is 0 Å². The minimum atomic E-state index is -3.20. The van der Waals surface area contributed by atoms with E-state index in [1.54, 1.807) is 24.3 Å². The highest BCUT2D eigenvalue weighted by molar-refractivity contribution is 7.89. The van der Waals surface area contributed by atoms with Crippen LogP contribution >= 0.6 is 0 Å². The predicted octanol–water partition coefficient (Wildman–Crippen LogP) is 2.91. The normalized spacial score (nSPS) is 11.6. The van der Waals surface area contributed by atoms with Crippen LogP contribution in [0, 0.1) is 13.8 Å². The number of hydrogen-bond donors (Lipinski definition) is 1. The summed E-state index contributed by atoms with van der Waals surface area (Å²) in [4.78, 5) is 0. The third kappa shape index (κ3) is 4.69. The lowest BCUT2D eigenvalue weighted by atomic mass is 10.1. The van der Waals surface area contributed by atoms with Gasteiger partial charge in [0.2, 0.25) is 0 Å². The second-order valence-electron chi connectivity index (χ2n) is 5.50. The summed E-state index contributed by atoms with van der Waals surface area (Å²) in [5.41, 5.74) is 4.52. The highest BCUT2D eigenvalue weighted by Gasteiger charge is 2.13. The Bertz CT molecular complexity index is 696. The van der Waals surface area contributed by atoms with Gasteiger partial charge in [-0.1, -0.05) is 53.6 Å². The fourth-order valence-electron chi connectivity index (χ4n) is 2.45. The van der Waals surface area contributed by atoms with Crippen LogP contribution in [-0.2, 0) is 27.9 Å². The van der Waals surface area contributed by atoms with E-state index in [0.29, 0.717) is 0 Å². The van der Waals surface area contributed by atoms with E-state index in [9.17, 15) is 8.42 Å². The van der Waals surface area contributed by atoms with E-state index in [4.69, 9.17) is 5.11 Å². The fraction of sp³-hybridized carbons (Fsp3) is 0.294. The monoisotopic (exact) mass is 304 g/mol. The van der Waals surface area contributed by atoms with Gasteiger partial charge in [0.15, 0.2) is 9.84 Å². The lowest BCUT2D eigenvalue weighted by molar-refractivity contribution is 0.282. The molecule has 3 nitrogen and oxygen atoms in total. The quantitative estimate of drug-likeness (QED) is 0.924. The molecule has 0 spiro atoms. The van der Waals surface area contributed by atoms with Crippen LogP contribution in [0.25, 0.3) is 0 Å². The largest absolute Gasteiger partial charge is 0.392 e. The molecule has 0 aliphatic carbocycles. The minimum Gasteiger partial charge on any atom is -0.392 e. The molecule has 4 heteroatoms. The molecule has 0 aromatic heterocycles. The van der Waals surface area contributed by atoms with Gasteiger partial charge in [0.25, 0.3) is 0 Å². The van der Waals surface area contributed by atoms with E-state index in [2.05, 4.69) is 0 Å². The van der Waals surface area contributed by atoms with Crippen LogP contribution in [-0.4, -0.2) is 13.5 Å². The minimum absolute atomic E-state index is 0.0195. The number of hydrogen-bond acceptors (Lipinski definition) is 3. The van der Waals surface area contributed by atoms with Crippen molar-refractivity contribution in [2.45, 2.75) is 32.0 Å². The second-order valence-corrected chi connectivity index (χ2v) is 7.57. The zero-order valence-corrected chi connectivity index (χ0v) is 13.2. The predicted molar refractivity (Wildman–Crippen MR) is 84.6 cm³/mol. The van der Waals surface area contributed by atoms with Crippen molar-refractivity contribution in [3.8, 4) is 0 Å². The molecule has 0 heterocycles. The second kappa shape index (κ2) is 6.41. The molecule has 0 atom stereocenters. The van der Waals surface area contributed by atoms with Gasteiger partial charge in [-0.15, -0.1) is 0 Å². The molecule has 0 unspecified atom stereocenters. The Hall–Kier alpha value is -1.65.